The van der Waals surface area contributed by atoms with Crippen LogP contribution in [0, 0.1) is 0 Å². The predicted molar refractivity (Wildman–Crippen MR) is 107 cm³/mol. The number of fused-ring (bicyclic) bond motifs is 4. The first-order valence-corrected chi connectivity index (χ1v) is 9.10. The van der Waals surface area contributed by atoms with Crippen molar-refractivity contribution in [3.8, 4) is 11.1 Å². The molecule has 0 spiro atoms. The fourth-order valence-electron chi connectivity index (χ4n) is 3.65. The van der Waals surface area contributed by atoms with E-state index >= 15 is 0 Å². The smallest absolute Gasteiger partial charge is 0.0938 e. The third kappa shape index (κ3) is 2.35. The van der Waals surface area contributed by atoms with Gasteiger partial charge in [0.15, 0.2) is 0 Å². The average Bonchev–Trinajstić information content (AvgIpc) is 2.67. The van der Waals surface area contributed by atoms with E-state index in [2.05, 4.69) is 92.5 Å². The molecule has 0 aliphatic carbocycles. The van der Waals surface area contributed by atoms with Crippen LogP contribution >= 0.6 is 15.9 Å². The van der Waals surface area contributed by atoms with Gasteiger partial charge in [-0.05, 0) is 41.5 Å². The third-order valence-corrected chi connectivity index (χ3v) is 5.28. The van der Waals surface area contributed by atoms with Crippen molar-refractivity contribution in [2.75, 3.05) is 4.90 Å². The van der Waals surface area contributed by atoms with Crippen molar-refractivity contribution in [2.24, 2.45) is 0 Å². The van der Waals surface area contributed by atoms with Gasteiger partial charge in [0.05, 0.1) is 11.2 Å². The lowest BCUT2D eigenvalue weighted by molar-refractivity contribution is 0.963. The number of benzene rings is 3. The lowest BCUT2D eigenvalue weighted by Crippen LogP contribution is -2.21. The van der Waals surface area contributed by atoms with E-state index in [1.54, 1.807) is 0 Å². The van der Waals surface area contributed by atoms with Crippen molar-refractivity contribution >= 4 is 38.2 Å². The van der Waals surface area contributed by atoms with Gasteiger partial charge in [-0.15, -0.1) is 0 Å². The van der Waals surface area contributed by atoms with Crippen LogP contribution in [0.15, 0.2) is 83.5 Å². The number of halogens is 1. The van der Waals surface area contributed by atoms with Crippen LogP contribution in [0.25, 0.3) is 22.0 Å². The number of nitrogens with zero attached hydrogens (tertiary/aromatic N) is 2. The normalized spacial score (nSPS) is 12.8. The summed E-state index contributed by atoms with van der Waals surface area (Å²) in [5.41, 5.74) is 7.31. The second kappa shape index (κ2) is 5.71. The van der Waals surface area contributed by atoms with E-state index in [0.29, 0.717) is 0 Å². The van der Waals surface area contributed by atoms with Crippen LogP contribution < -0.4 is 4.90 Å². The van der Waals surface area contributed by atoms with E-state index in [9.17, 15) is 0 Å². The number of rotatable bonds is 1. The molecular weight excluding hydrogens is 372 g/mol. The van der Waals surface area contributed by atoms with E-state index < -0.39 is 0 Å². The lowest BCUT2D eigenvalue weighted by Gasteiger charge is -2.33. The Hall–Kier alpha value is -2.65. The number of anilines is 2. The molecule has 5 rings (SSSR count). The first kappa shape index (κ1) is 14.7. The molecule has 25 heavy (non-hydrogen) atoms. The molecule has 0 N–H and O–H groups in total. The predicted octanol–water partition coefficient (Wildman–Crippen LogP) is 6.32. The minimum absolute atomic E-state index is 0.843. The standard InChI is InChI=1S/C22H15BrN2/c23-17-11-10-16-14-25(20-8-2-1-7-18(20)19(16)13-17)21-9-3-5-15-6-4-12-24-22(15)21/h1-13H,14H2. The van der Waals surface area contributed by atoms with Gasteiger partial charge in [-0.1, -0.05) is 58.4 Å². The average molecular weight is 387 g/mol. The van der Waals surface area contributed by atoms with Crippen molar-refractivity contribution < 1.29 is 0 Å². The molecule has 0 amide bonds. The third-order valence-electron chi connectivity index (χ3n) is 4.79. The van der Waals surface area contributed by atoms with E-state index in [0.717, 1.165) is 22.2 Å². The highest BCUT2D eigenvalue weighted by atomic mass is 79.9. The van der Waals surface area contributed by atoms with Crippen LogP contribution in [0.1, 0.15) is 5.56 Å². The number of aromatic nitrogens is 1. The van der Waals surface area contributed by atoms with E-state index in [4.69, 9.17) is 0 Å². The second-order valence-corrected chi connectivity index (χ2v) is 7.17. The first-order valence-electron chi connectivity index (χ1n) is 8.30. The van der Waals surface area contributed by atoms with Crippen LogP contribution in [-0.4, -0.2) is 4.98 Å². The molecule has 2 heterocycles. The summed E-state index contributed by atoms with van der Waals surface area (Å²) in [6.45, 7) is 0.843. The molecule has 2 nitrogen and oxygen atoms in total. The summed E-state index contributed by atoms with van der Waals surface area (Å²) in [5, 5.41) is 1.17. The van der Waals surface area contributed by atoms with Gasteiger partial charge in [-0.3, -0.25) is 4.98 Å². The highest BCUT2D eigenvalue weighted by Crippen LogP contribution is 2.44. The molecule has 120 valence electrons. The van der Waals surface area contributed by atoms with Crippen molar-refractivity contribution in [3.63, 3.8) is 0 Å². The molecule has 0 atom stereocenters. The molecule has 0 fully saturated rings. The van der Waals surface area contributed by atoms with Gasteiger partial charge in [0.25, 0.3) is 0 Å². The molecule has 4 aromatic rings. The van der Waals surface area contributed by atoms with Gasteiger partial charge in [-0.25, -0.2) is 0 Å². The summed E-state index contributed by atoms with van der Waals surface area (Å²) in [4.78, 5) is 7.03. The van der Waals surface area contributed by atoms with Gasteiger partial charge < -0.3 is 4.90 Å². The van der Waals surface area contributed by atoms with Gasteiger partial charge in [0.1, 0.15) is 0 Å². The van der Waals surface area contributed by atoms with E-state index in [1.165, 1.54) is 27.8 Å². The first-order chi connectivity index (χ1) is 12.3. The van der Waals surface area contributed by atoms with Crippen LogP contribution in [-0.2, 0) is 6.54 Å². The topological polar surface area (TPSA) is 16.1 Å². The Morgan fingerprint density at radius 1 is 0.800 bits per heavy atom. The number of hydrogen-bond donors (Lipinski definition) is 0. The molecule has 0 saturated heterocycles. The van der Waals surface area contributed by atoms with Crippen molar-refractivity contribution in [1.29, 1.82) is 0 Å². The fourth-order valence-corrected chi connectivity index (χ4v) is 4.01. The number of hydrogen-bond acceptors (Lipinski definition) is 2. The quantitative estimate of drug-likeness (QED) is 0.380. The molecule has 1 aliphatic heterocycles. The number of pyridine rings is 1. The maximum Gasteiger partial charge on any atom is 0.0938 e. The van der Waals surface area contributed by atoms with E-state index in [1.807, 2.05) is 12.3 Å². The van der Waals surface area contributed by atoms with E-state index in [-0.39, 0.29) is 0 Å². The Balaban J connectivity index is 1.77. The molecule has 0 unspecified atom stereocenters. The molecule has 0 saturated carbocycles. The largest absolute Gasteiger partial charge is 0.335 e. The molecule has 3 heteroatoms. The van der Waals surface area contributed by atoms with Crippen molar-refractivity contribution in [1.82, 2.24) is 4.98 Å². The zero-order valence-corrected chi connectivity index (χ0v) is 15.1. The summed E-state index contributed by atoms with van der Waals surface area (Å²) >= 11 is 3.61. The summed E-state index contributed by atoms with van der Waals surface area (Å²) < 4.78 is 1.11. The van der Waals surface area contributed by atoms with Gasteiger partial charge in [-0.2, -0.15) is 0 Å². The molecular formula is C22H15BrN2. The fraction of sp³-hybridized carbons (Fsp3) is 0.0455. The molecule has 1 aliphatic rings. The van der Waals surface area contributed by atoms with Crippen LogP contribution in [0.4, 0.5) is 11.4 Å². The van der Waals surface area contributed by atoms with Crippen LogP contribution in [0.3, 0.4) is 0 Å². The summed E-state index contributed by atoms with van der Waals surface area (Å²) in [6, 6.07) is 25.6. The Bertz CT molecular complexity index is 1100. The maximum absolute atomic E-state index is 4.65. The molecule has 3 aromatic carbocycles. The van der Waals surface area contributed by atoms with Crippen LogP contribution in [0.5, 0.6) is 0 Å². The Morgan fingerprint density at radius 3 is 2.60 bits per heavy atom. The summed E-state index contributed by atoms with van der Waals surface area (Å²) in [5.74, 6) is 0. The zero-order chi connectivity index (χ0) is 16.8. The monoisotopic (exact) mass is 386 g/mol. The highest BCUT2D eigenvalue weighted by Gasteiger charge is 2.24. The van der Waals surface area contributed by atoms with Gasteiger partial charge in [0, 0.05) is 33.9 Å². The minimum atomic E-state index is 0.843. The Kier molecular flexibility index (Phi) is 3.35. The molecule has 0 radical (unpaired) electrons. The summed E-state index contributed by atoms with van der Waals surface area (Å²) in [7, 11) is 0. The zero-order valence-electron chi connectivity index (χ0n) is 13.5. The highest BCUT2D eigenvalue weighted by molar-refractivity contribution is 9.10. The van der Waals surface area contributed by atoms with Gasteiger partial charge in [0.2, 0.25) is 0 Å². The van der Waals surface area contributed by atoms with Crippen molar-refractivity contribution in [3.05, 3.63) is 89.0 Å². The Morgan fingerprint density at radius 2 is 1.64 bits per heavy atom. The van der Waals surface area contributed by atoms with Gasteiger partial charge >= 0.3 is 0 Å². The number of para-hydroxylation sites is 2. The minimum Gasteiger partial charge on any atom is -0.335 e. The Labute approximate surface area is 154 Å². The van der Waals surface area contributed by atoms with Crippen LogP contribution in [0.2, 0.25) is 0 Å². The summed E-state index contributed by atoms with van der Waals surface area (Å²) in [6.07, 6.45) is 1.87. The van der Waals surface area contributed by atoms with Crippen molar-refractivity contribution in [2.45, 2.75) is 6.54 Å². The SMILES string of the molecule is Brc1ccc2c(c1)-c1ccccc1N(c1cccc3cccnc13)C2. The molecule has 0 bridgehead atoms. The second-order valence-electron chi connectivity index (χ2n) is 6.26. The molecule has 1 aromatic heterocycles. The maximum atomic E-state index is 4.65. The lowest BCUT2D eigenvalue weighted by atomic mass is 9.93.